The van der Waals surface area contributed by atoms with E-state index in [1.165, 1.54) is 0 Å². The molecule has 0 saturated carbocycles. The Morgan fingerprint density at radius 2 is 2.11 bits per heavy atom. The van der Waals surface area contributed by atoms with Crippen molar-refractivity contribution in [3.63, 3.8) is 0 Å². The smallest absolute Gasteiger partial charge is 0.270 e. The van der Waals surface area contributed by atoms with E-state index in [0.29, 0.717) is 16.6 Å². The fourth-order valence-electron chi connectivity index (χ4n) is 2.27. The normalized spacial score (nSPS) is 16.5. The van der Waals surface area contributed by atoms with Crippen LogP contribution in [0.5, 0.6) is 0 Å². The van der Waals surface area contributed by atoms with E-state index in [4.69, 9.17) is 17.3 Å². The van der Waals surface area contributed by atoms with Gasteiger partial charge in [-0.15, -0.1) is 12.4 Å². The number of amides is 1. The van der Waals surface area contributed by atoms with Gasteiger partial charge in [0.15, 0.2) is 0 Å². The standard InChI is InChI=1S/C12H18ClN3O.ClH/c1-15-8-10(13)6-11(15)12(17)16-4-2-9(7-14)3-5-16;/h6,8-9H,2-5,7,14H2,1H3;1H. The number of carbonyl (C=O) groups excluding carboxylic acids is 1. The first-order valence-corrected chi connectivity index (χ1v) is 6.31. The van der Waals surface area contributed by atoms with Crippen LogP contribution in [-0.2, 0) is 7.05 Å². The molecule has 18 heavy (non-hydrogen) atoms. The molecule has 1 aromatic rings. The molecule has 1 aliphatic rings. The van der Waals surface area contributed by atoms with E-state index in [0.717, 1.165) is 32.5 Å². The number of likely N-dealkylation sites (tertiary alicyclic amines) is 1. The maximum atomic E-state index is 12.2. The van der Waals surface area contributed by atoms with Crippen LogP contribution in [0.25, 0.3) is 0 Å². The molecule has 0 aliphatic carbocycles. The highest BCUT2D eigenvalue weighted by Gasteiger charge is 2.24. The summed E-state index contributed by atoms with van der Waals surface area (Å²) in [7, 11) is 1.84. The number of carbonyl (C=O) groups is 1. The van der Waals surface area contributed by atoms with Crippen LogP contribution in [0.2, 0.25) is 5.02 Å². The monoisotopic (exact) mass is 291 g/mol. The molecule has 2 heterocycles. The minimum absolute atomic E-state index is 0. The van der Waals surface area contributed by atoms with Crippen molar-refractivity contribution < 1.29 is 4.79 Å². The van der Waals surface area contributed by atoms with E-state index in [2.05, 4.69) is 0 Å². The van der Waals surface area contributed by atoms with Gasteiger partial charge >= 0.3 is 0 Å². The summed E-state index contributed by atoms with van der Waals surface area (Å²) in [6.07, 6.45) is 3.75. The molecule has 1 aliphatic heterocycles. The molecule has 0 radical (unpaired) electrons. The third-order valence-electron chi connectivity index (χ3n) is 3.43. The van der Waals surface area contributed by atoms with Crippen LogP contribution in [0.4, 0.5) is 0 Å². The Balaban J connectivity index is 0.00000162. The average Bonchev–Trinajstić information content (AvgIpc) is 2.68. The van der Waals surface area contributed by atoms with Crippen LogP contribution in [0.1, 0.15) is 23.3 Å². The summed E-state index contributed by atoms with van der Waals surface area (Å²) in [6, 6.07) is 1.72. The van der Waals surface area contributed by atoms with E-state index in [1.54, 1.807) is 16.8 Å². The number of halogens is 2. The first-order chi connectivity index (χ1) is 8.11. The zero-order chi connectivity index (χ0) is 12.4. The topological polar surface area (TPSA) is 51.3 Å². The molecule has 1 fully saturated rings. The van der Waals surface area contributed by atoms with Crippen LogP contribution in [0, 0.1) is 5.92 Å². The van der Waals surface area contributed by atoms with Gasteiger partial charge < -0.3 is 15.2 Å². The Hall–Kier alpha value is -0.710. The quantitative estimate of drug-likeness (QED) is 0.905. The van der Waals surface area contributed by atoms with Gasteiger partial charge in [-0.25, -0.2) is 0 Å². The summed E-state index contributed by atoms with van der Waals surface area (Å²) in [5.74, 6) is 0.630. The fraction of sp³-hybridized carbons (Fsp3) is 0.583. The summed E-state index contributed by atoms with van der Waals surface area (Å²) in [5.41, 5.74) is 6.29. The molecule has 6 heteroatoms. The van der Waals surface area contributed by atoms with Crippen molar-refractivity contribution >= 4 is 29.9 Å². The van der Waals surface area contributed by atoms with Crippen LogP contribution in [0.15, 0.2) is 12.3 Å². The number of hydrogen-bond acceptors (Lipinski definition) is 2. The minimum atomic E-state index is 0. The highest BCUT2D eigenvalue weighted by molar-refractivity contribution is 6.31. The number of nitrogens with zero attached hydrogens (tertiary/aromatic N) is 2. The Labute approximate surface area is 118 Å². The van der Waals surface area contributed by atoms with Gasteiger partial charge in [0.1, 0.15) is 5.69 Å². The molecule has 0 atom stereocenters. The van der Waals surface area contributed by atoms with Crippen LogP contribution in [-0.4, -0.2) is 35.0 Å². The second kappa shape index (κ2) is 6.45. The Bertz CT molecular complexity index is 411. The maximum absolute atomic E-state index is 12.2. The van der Waals surface area contributed by atoms with Gasteiger partial charge in [0, 0.05) is 26.3 Å². The SMILES string of the molecule is Cl.Cn1cc(Cl)cc1C(=O)N1CCC(CN)CC1. The van der Waals surface area contributed by atoms with Crippen molar-refractivity contribution in [1.29, 1.82) is 0 Å². The first kappa shape index (κ1) is 15.3. The molecule has 0 spiro atoms. The van der Waals surface area contributed by atoms with Gasteiger partial charge in [-0.3, -0.25) is 4.79 Å². The van der Waals surface area contributed by atoms with Crippen LogP contribution < -0.4 is 5.73 Å². The lowest BCUT2D eigenvalue weighted by Crippen LogP contribution is -2.40. The van der Waals surface area contributed by atoms with E-state index < -0.39 is 0 Å². The lowest BCUT2D eigenvalue weighted by atomic mass is 9.97. The van der Waals surface area contributed by atoms with Gasteiger partial charge in [0.05, 0.1) is 5.02 Å². The van der Waals surface area contributed by atoms with Crippen molar-refractivity contribution in [1.82, 2.24) is 9.47 Å². The molecule has 0 bridgehead atoms. The number of piperidine rings is 1. The number of aryl methyl sites for hydroxylation is 1. The van der Waals surface area contributed by atoms with Crippen LogP contribution in [0.3, 0.4) is 0 Å². The zero-order valence-electron chi connectivity index (χ0n) is 10.4. The van der Waals surface area contributed by atoms with Crippen molar-refractivity contribution in [2.24, 2.45) is 18.7 Å². The molecule has 4 nitrogen and oxygen atoms in total. The van der Waals surface area contributed by atoms with Gasteiger partial charge in [0.2, 0.25) is 0 Å². The predicted molar refractivity (Wildman–Crippen MR) is 75.4 cm³/mol. The largest absolute Gasteiger partial charge is 0.345 e. The molecule has 1 saturated heterocycles. The number of nitrogens with two attached hydrogens (primary N) is 1. The molecule has 2 rings (SSSR count). The summed E-state index contributed by atoms with van der Waals surface area (Å²) in [6.45, 7) is 2.31. The van der Waals surface area contributed by atoms with Crippen molar-refractivity contribution in [2.45, 2.75) is 12.8 Å². The van der Waals surface area contributed by atoms with Gasteiger partial charge in [-0.2, -0.15) is 0 Å². The van der Waals surface area contributed by atoms with Gasteiger partial charge in [-0.1, -0.05) is 11.6 Å². The second-order valence-electron chi connectivity index (χ2n) is 4.63. The van der Waals surface area contributed by atoms with E-state index in [9.17, 15) is 4.79 Å². The average molecular weight is 292 g/mol. The molecule has 2 N–H and O–H groups in total. The fourth-order valence-corrected chi connectivity index (χ4v) is 2.52. The molecular formula is C12H19Cl2N3O. The number of rotatable bonds is 2. The highest BCUT2D eigenvalue weighted by atomic mass is 35.5. The third kappa shape index (κ3) is 3.19. The van der Waals surface area contributed by atoms with E-state index in [-0.39, 0.29) is 18.3 Å². The molecular weight excluding hydrogens is 273 g/mol. The van der Waals surface area contributed by atoms with Gasteiger partial charge in [-0.05, 0) is 31.4 Å². The van der Waals surface area contributed by atoms with E-state index >= 15 is 0 Å². The Kier molecular flexibility index (Phi) is 5.50. The molecule has 1 aromatic heterocycles. The van der Waals surface area contributed by atoms with Gasteiger partial charge in [0.25, 0.3) is 5.91 Å². The molecule has 0 unspecified atom stereocenters. The Morgan fingerprint density at radius 1 is 1.50 bits per heavy atom. The number of aromatic nitrogens is 1. The summed E-state index contributed by atoms with van der Waals surface area (Å²) in [5, 5.41) is 0.604. The van der Waals surface area contributed by atoms with Crippen LogP contribution >= 0.6 is 24.0 Å². The van der Waals surface area contributed by atoms with Crippen molar-refractivity contribution in [2.75, 3.05) is 19.6 Å². The second-order valence-corrected chi connectivity index (χ2v) is 5.06. The maximum Gasteiger partial charge on any atom is 0.270 e. The lowest BCUT2D eigenvalue weighted by molar-refractivity contribution is 0.0684. The van der Waals surface area contributed by atoms with Crippen molar-refractivity contribution in [3.8, 4) is 0 Å². The highest BCUT2D eigenvalue weighted by Crippen LogP contribution is 2.20. The lowest BCUT2D eigenvalue weighted by Gasteiger charge is -2.31. The summed E-state index contributed by atoms with van der Waals surface area (Å²) >= 11 is 5.89. The zero-order valence-corrected chi connectivity index (χ0v) is 12.0. The third-order valence-corrected chi connectivity index (χ3v) is 3.63. The van der Waals surface area contributed by atoms with E-state index in [1.807, 2.05) is 11.9 Å². The molecule has 0 aromatic carbocycles. The summed E-state index contributed by atoms with van der Waals surface area (Å²) in [4.78, 5) is 14.1. The summed E-state index contributed by atoms with van der Waals surface area (Å²) < 4.78 is 1.78. The predicted octanol–water partition coefficient (Wildman–Crippen LogP) is 1.91. The Morgan fingerprint density at radius 3 is 2.56 bits per heavy atom. The first-order valence-electron chi connectivity index (χ1n) is 5.93. The van der Waals surface area contributed by atoms with Crippen molar-refractivity contribution in [3.05, 3.63) is 23.0 Å². The minimum Gasteiger partial charge on any atom is -0.345 e. The molecule has 1 amide bonds. The number of hydrogen-bond donors (Lipinski definition) is 1. The molecule has 102 valence electrons.